The quantitative estimate of drug-likeness (QED) is 0.741. The highest BCUT2D eigenvalue weighted by atomic mass is 16.5. The van der Waals surface area contributed by atoms with E-state index in [0.29, 0.717) is 6.61 Å². The Labute approximate surface area is 104 Å². The summed E-state index contributed by atoms with van der Waals surface area (Å²) in [6.07, 6.45) is 0.848. The van der Waals surface area contributed by atoms with E-state index in [1.807, 2.05) is 37.3 Å². The summed E-state index contributed by atoms with van der Waals surface area (Å²) < 4.78 is 5.30. The molecule has 0 aromatic heterocycles. The largest absolute Gasteiger partial charge is 0.461 e. The van der Waals surface area contributed by atoms with Crippen LogP contribution in [0.3, 0.4) is 0 Å². The highest BCUT2D eigenvalue weighted by Gasteiger charge is 2.21. The summed E-state index contributed by atoms with van der Waals surface area (Å²) in [5.74, 6) is -0.150. The van der Waals surface area contributed by atoms with Crippen molar-refractivity contribution in [3.8, 4) is 0 Å². The molecule has 1 aromatic carbocycles. The second-order valence-corrected chi connectivity index (χ2v) is 5.76. The number of ether oxygens (including phenoxy) is 1. The second-order valence-electron chi connectivity index (χ2n) is 5.76. The normalized spacial score (nSPS) is 13.2. The van der Waals surface area contributed by atoms with Crippen LogP contribution < -0.4 is 0 Å². The van der Waals surface area contributed by atoms with Gasteiger partial charge in [0.1, 0.15) is 6.61 Å². The third-order valence-electron chi connectivity index (χ3n) is 2.54. The van der Waals surface area contributed by atoms with E-state index in [2.05, 4.69) is 20.8 Å². The maximum atomic E-state index is 11.8. The lowest BCUT2D eigenvalue weighted by Gasteiger charge is -2.22. The summed E-state index contributed by atoms with van der Waals surface area (Å²) in [4.78, 5) is 11.8. The van der Waals surface area contributed by atoms with Crippen LogP contribution in [-0.2, 0) is 16.1 Å². The van der Waals surface area contributed by atoms with Crippen molar-refractivity contribution in [1.29, 1.82) is 0 Å². The third-order valence-corrected chi connectivity index (χ3v) is 2.54. The highest BCUT2D eigenvalue weighted by Crippen LogP contribution is 2.24. The van der Waals surface area contributed by atoms with Crippen LogP contribution in [-0.4, -0.2) is 5.97 Å². The molecule has 17 heavy (non-hydrogen) atoms. The molecule has 0 fully saturated rings. The Kier molecular flexibility index (Phi) is 4.73. The second kappa shape index (κ2) is 5.85. The van der Waals surface area contributed by atoms with Crippen molar-refractivity contribution in [2.75, 3.05) is 0 Å². The molecular weight excluding hydrogens is 212 g/mol. The van der Waals surface area contributed by atoms with Crippen molar-refractivity contribution in [2.45, 2.75) is 40.7 Å². The van der Waals surface area contributed by atoms with Gasteiger partial charge in [0.2, 0.25) is 0 Å². The number of carbonyl (C=O) groups excluding carboxylic acids is 1. The van der Waals surface area contributed by atoms with Crippen LogP contribution in [0.2, 0.25) is 0 Å². The van der Waals surface area contributed by atoms with Crippen LogP contribution in [0.15, 0.2) is 30.3 Å². The molecule has 2 nitrogen and oxygen atoms in total. The molecule has 0 saturated heterocycles. The monoisotopic (exact) mass is 234 g/mol. The molecule has 1 unspecified atom stereocenters. The van der Waals surface area contributed by atoms with E-state index in [1.165, 1.54) is 0 Å². The Morgan fingerprint density at radius 3 is 2.35 bits per heavy atom. The van der Waals surface area contributed by atoms with Gasteiger partial charge in [-0.15, -0.1) is 0 Å². The summed E-state index contributed by atoms with van der Waals surface area (Å²) in [7, 11) is 0. The fourth-order valence-corrected chi connectivity index (χ4v) is 1.87. The fourth-order valence-electron chi connectivity index (χ4n) is 1.87. The van der Waals surface area contributed by atoms with E-state index in [9.17, 15) is 4.79 Å². The zero-order chi connectivity index (χ0) is 12.9. The molecule has 0 saturated carbocycles. The molecule has 0 spiro atoms. The van der Waals surface area contributed by atoms with Crippen LogP contribution in [0.25, 0.3) is 0 Å². The predicted octanol–water partition coefficient (Wildman–Crippen LogP) is 3.80. The van der Waals surface area contributed by atoms with Crippen LogP contribution >= 0.6 is 0 Å². The van der Waals surface area contributed by atoms with Crippen molar-refractivity contribution in [3.63, 3.8) is 0 Å². The van der Waals surface area contributed by atoms with Gasteiger partial charge in [0.25, 0.3) is 0 Å². The van der Waals surface area contributed by atoms with Gasteiger partial charge in [0.05, 0.1) is 5.92 Å². The van der Waals surface area contributed by atoms with Gasteiger partial charge in [0.15, 0.2) is 0 Å². The molecule has 0 N–H and O–H groups in total. The first-order valence-corrected chi connectivity index (χ1v) is 6.09. The predicted molar refractivity (Wildman–Crippen MR) is 69.5 cm³/mol. The van der Waals surface area contributed by atoms with E-state index in [-0.39, 0.29) is 17.3 Å². The maximum absolute atomic E-state index is 11.8. The topological polar surface area (TPSA) is 26.3 Å². The lowest BCUT2D eigenvalue weighted by Crippen LogP contribution is -2.20. The first-order chi connectivity index (χ1) is 7.88. The van der Waals surface area contributed by atoms with E-state index < -0.39 is 0 Å². The van der Waals surface area contributed by atoms with Crippen LogP contribution in [0.1, 0.15) is 39.7 Å². The van der Waals surface area contributed by atoms with Gasteiger partial charge in [-0.05, 0) is 17.4 Å². The van der Waals surface area contributed by atoms with Crippen molar-refractivity contribution in [3.05, 3.63) is 35.9 Å². The Morgan fingerprint density at radius 1 is 1.24 bits per heavy atom. The Morgan fingerprint density at radius 2 is 1.82 bits per heavy atom. The Balaban J connectivity index is 2.40. The summed E-state index contributed by atoms with van der Waals surface area (Å²) in [6, 6.07) is 9.76. The number of hydrogen-bond donors (Lipinski definition) is 0. The molecule has 0 aliphatic carbocycles. The smallest absolute Gasteiger partial charge is 0.309 e. The third kappa shape index (κ3) is 5.53. The molecule has 0 heterocycles. The van der Waals surface area contributed by atoms with Crippen molar-refractivity contribution < 1.29 is 9.53 Å². The average molecular weight is 234 g/mol. The average Bonchev–Trinajstić information content (AvgIpc) is 2.25. The number of esters is 1. The standard InChI is InChI=1S/C15H22O2/c1-12(10-15(2,3)4)14(16)17-11-13-8-6-5-7-9-13/h5-9,12H,10-11H2,1-4H3. The van der Waals surface area contributed by atoms with Gasteiger partial charge < -0.3 is 4.74 Å². The summed E-state index contributed by atoms with van der Waals surface area (Å²) in [6.45, 7) is 8.70. The minimum atomic E-state index is -0.108. The van der Waals surface area contributed by atoms with Crippen LogP contribution in [0.5, 0.6) is 0 Å². The first kappa shape index (κ1) is 13.8. The summed E-state index contributed by atoms with van der Waals surface area (Å²) >= 11 is 0. The summed E-state index contributed by atoms with van der Waals surface area (Å²) in [5, 5.41) is 0. The van der Waals surface area contributed by atoms with Crippen LogP contribution in [0.4, 0.5) is 0 Å². The van der Waals surface area contributed by atoms with Crippen molar-refractivity contribution >= 4 is 5.97 Å². The van der Waals surface area contributed by atoms with Gasteiger partial charge in [-0.1, -0.05) is 58.0 Å². The van der Waals surface area contributed by atoms with Gasteiger partial charge >= 0.3 is 5.97 Å². The van der Waals surface area contributed by atoms with Crippen molar-refractivity contribution in [1.82, 2.24) is 0 Å². The van der Waals surface area contributed by atoms with E-state index >= 15 is 0 Å². The van der Waals surface area contributed by atoms with Gasteiger partial charge in [-0.3, -0.25) is 4.79 Å². The van der Waals surface area contributed by atoms with E-state index in [4.69, 9.17) is 4.74 Å². The number of benzene rings is 1. The molecule has 2 heteroatoms. The molecule has 1 aromatic rings. The summed E-state index contributed by atoms with van der Waals surface area (Å²) in [5.41, 5.74) is 1.19. The van der Waals surface area contributed by atoms with E-state index in [0.717, 1.165) is 12.0 Å². The molecule has 0 aliphatic heterocycles. The lowest BCUT2D eigenvalue weighted by atomic mass is 9.85. The maximum Gasteiger partial charge on any atom is 0.309 e. The van der Waals surface area contributed by atoms with Crippen LogP contribution in [0, 0.1) is 11.3 Å². The number of hydrogen-bond acceptors (Lipinski definition) is 2. The van der Waals surface area contributed by atoms with Gasteiger partial charge in [-0.25, -0.2) is 0 Å². The highest BCUT2D eigenvalue weighted by molar-refractivity contribution is 5.72. The minimum absolute atomic E-state index is 0.0429. The number of rotatable bonds is 4. The molecule has 0 bridgehead atoms. The number of carbonyl (C=O) groups is 1. The molecule has 0 amide bonds. The molecule has 94 valence electrons. The zero-order valence-corrected chi connectivity index (χ0v) is 11.2. The van der Waals surface area contributed by atoms with E-state index in [1.54, 1.807) is 0 Å². The minimum Gasteiger partial charge on any atom is -0.461 e. The Hall–Kier alpha value is -1.31. The molecule has 0 radical (unpaired) electrons. The lowest BCUT2D eigenvalue weighted by molar-refractivity contribution is -0.150. The molecule has 0 aliphatic rings. The fraction of sp³-hybridized carbons (Fsp3) is 0.533. The van der Waals surface area contributed by atoms with Gasteiger partial charge in [0, 0.05) is 0 Å². The first-order valence-electron chi connectivity index (χ1n) is 6.09. The molecule has 1 rings (SSSR count). The molecular formula is C15H22O2. The zero-order valence-electron chi connectivity index (χ0n) is 11.2. The van der Waals surface area contributed by atoms with Gasteiger partial charge in [-0.2, -0.15) is 0 Å². The van der Waals surface area contributed by atoms with Crippen molar-refractivity contribution in [2.24, 2.45) is 11.3 Å². The molecule has 1 atom stereocenters. The Bertz CT molecular complexity index is 349. The SMILES string of the molecule is CC(CC(C)(C)C)C(=O)OCc1ccccc1.